The van der Waals surface area contributed by atoms with Crippen molar-refractivity contribution in [1.29, 1.82) is 0 Å². The molecule has 1 atom stereocenters. The van der Waals surface area contributed by atoms with Gasteiger partial charge in [-0.25, -0.2) is 0 Å². The summed E-state index contributed by atoms with van der Waals surface area (Å²) in [6.45, 7) is 13.0. The zero-order valence-corrected chi connectivity index (χ0v) is 13.8. The maximum Gasteiger partial charge on any atom is 0.00219 e. The van der Waals surface area contributed by atoms with Crippen molar-refractivity contribution in [3.8, 4) is 0 Å². The minimum Gasteiger partial charge on any atom is -0.303 e. The first-order valence-corrected chi connectivity index (χ1v) is 8.31. The molecular formula is C19H31N. The van der Waals surface area contributed by atoms with Crippen LogP contribution in [0.15, 0.2) is 24.3 Å². The summed E-state index contributed by atoms with van der Waals surface area (Å²) in [5.74, 6) is 0.937. The van der Waals surface area contributed by atoms with Crippen LogP contribution >= 0.6 is 0 Å². The zero-order valence-electron chi connectivity index (χ0n) is 13.8. The summed E-state index contributed by atoms with van der Waals surface area (Å²) >= 11 is 0. The standard InChI is InChI=1S/C19H31N/c1-5-16-7-6-13-20(15-16)14-12-17-8-10-18(11-9-17)19(2,3)4/h8-11,16H,5-7,12-15H2,1-4H3/t16-/m0/s1. The molecule has 1 aromatic carbocycles. The first-order chi connectivity index (χ1) is 9.49. The highest BCUT2D eigenvalue weighted by atomic mass is 15.1. The lowest BCUT2D eigenvalue weighted by Crippen LogP contribution is -2.36. The van der Waals surface area contributed by atoms with Crippen LogP contribution in [0.5, 0.6) is 0 Å². The number of hydrogen-bond acceptors (Lipinski definition) is 1. The summed E-state index contributed by atoms with van der Waals surface area (Å²) in [6.07, 6.45) is 5.37. The van der Waals surface area contributed by atoms with Gasteiger partial charge in [0.05, 0.1) is 0 Å². The van der Waals surface area contributed by atoms with Crippen LogP contribution in [0, 0.1) is 5.92 Å². The maximum atomic E-state index is 2.66. The van der Waals surface area contributed by atoms with Crippen molar-refractivity contribution in [2.45, 2.75) is 58.8 Å². The number of likely N-dealkylation sites (tertiary alicyclic amines) is 1. The average Bonchev–Trinajstić information content (AvgIpc) is 2.45. The lowest BCUT2D eigenvalue weighted by atomic mass is 9.86. The summed E-state index contributed by atoms with van der Waals surface area (Å²) in [7, 11) is 0. The minimum absolute atomic E-state index is 0.264. The van der Waals surface area contributed by atoms with E-state index in [1.807, 2.05) is 0 Å². The van der Waals surface area contributed by atoms with E-state index in [-0.39, 0.29) is 5.41 Å². The van der Waals surface area contributed by atoms with E-state index >= 15 is 0 Å². The molecule has 1 nitrogen and oxygen atoms in total. The fraction of sp³-hybridized carbons (Fsp3) is 0.684. The van der Waals surface area contributed by atoms with Gasteiger partial charge in [-0.1, -0.05) is 58.4 Å². The van der Waals surface area contributed by atoms with Gasteiger partial charge in [0.2, 0.25) is 0 Å². The van der Waals surface area contributed by atoms with Gasteiger partial charge >= 0.3 is 0 Å². The molecule has 1 saturated heterocycles. The van der Waals surface area contributed by atoms with Crippen LogP contribution < -0.4 is 0 Å². The molecular weight excluding hydrogens is 242 g/mol. The molecule has 0 aliphatic carbocycles. The van der Waals surface area contributed by atoms with E-state index in [0.29, 0.717) is 0 Å². The predicted molar refractivity (Wildman–Crippen MR) is 88.3 cm³/mol. The third kappa shape index (κ3) is 4.34. The van der Waals surface area contributed by atoms with Crippen molar-refractivity contribution in [1.82, 2.24) is 4.90 Å². The van der Waals surface area contributed by atoms with Crippen LogP contribution in [-0.4, -0.2) is 24.5 Å². The Balaban J connectivity index is 1.85. The van der Waals surface area contributed by atoms with E-state index in [9.17, 15) is 0 Å². The van der Waals surface area contributed by atoms with E-state index in [4.69, 9.17) is 0 Å². The summed E-state index contributed by atoms with van der Waals surface area (Å²) in [6, 6.07) is 9.25. The number of benzene rings is 1. The Hall–Kier alpha value is -0.820. The fourth-order valence-corrected chi connectivity index (χ4v) is 3.15. The van der Waals surface area contributed by atoms with Crippen LogP contribution in [-0.2, 0) is 11.8 Å². The molecule has 0 aromatic heterocycles. The molecule has 0 N–H and O–H groups in total. The average molecular weight is 273 g/mol. The normalized spacial score (nSPS) is 21.1. The quantitative estimate of drug-likeness (QED) is 0.772. The smallest absolute Gasteiger partial charge is 0.00219 e. The molecule has 1 aromatic rings. The molecule has 112 valence electrons. The summed E-state index contributed by atoms with van der Waals surface area (Å²) < 4.78 is 0. The molecule has 1 aliphatic heterocycles. The van der Waals surface area contributed by atoms with E-state index in [2.05, 4.69) is 56.9 Å². The molecule has 2 rings (SSSR count). The van der Waals surface area contributed by atoms with E-state index < -0.39 is 0 Å². The number of nitrogens with zero attached hydrogens (tertiary/aromatic N) is 1. The number of hydrogen-bond donors (Lipinski definition) is 0. The van der Waals surface area contributed by atoms with Gasteiger partial charge in [-0.3, -0.25) is 0 Å². The molecule has 1 aliphatic rings. The first kappa shape index (κ1) is 15.6. The van der Waals surface area contributed by atoms with Crippen LogP contribution in [0.1, 0.15) is 58.1 Å². The van der Waals surface area contributed by atoms with Gasteiger partial charge in [0, 0.05) is 13.1 Å². The fourth-order valence-electron chi connectivity index (χ4n) is 3.15. The van der Waals surface area contributed by atoms with Crippen molar-refractivity contribution < 1.29 is 0 Å². The highest BCUT2D eigenvalue weighted by Crippen LogP contribution is 2.23. The predicted octanol–water partition coefficient (Wildman–Crippen LogP) is 4.65. The Bertz CT molecular complexity index is 399. The summed E-state index contributed by atoms with van der Waals surface area (Å²) in [5, 5.41) is 0. The van der Waals surface area contributed by atoms with Crippen molar-refractivity contribution in [2.24, 2.45) is 5.92 Å². The van der Waals surface area contributed by atoms with Crippen LogP contribution in [0.4, 0.5) is 0 Å². The summed E-state index contributed by atoms with van der Waals surface area (Å²) in [4.78, 5) is 2.66. The molecule has 1 fully saturated rings. The molecule has 0 amide bonds. The Morgan fingerprint density at radius 1 is 1.15 bits per heavy atom. The van der Waals surface area contributed by atoms with Crippen LogP contribution in [0.25, 0.3) is 0 Å². The highest BCUT2D eigenvalue weighted by molar-refractivity contribution is 5.27. The molecule has 0 unspecified atom stereocenters. The molecule has 0 bridgehead atoms. The Kier molecular flexibility index (Phi) is 5.26. The third-order valence-corrected chi connectivity index (χ3v) is 4.72. The summed E-state index contributed by atoms with van der Waals surface area (Å²) in [5.41, 5.74) is 3.18. The second-order valence-corrected chi connectivity index (χ2v) is 7.41. The highest BCUT2D eigenvalue weighted by Gasteiger charge is 2.18. The number of piperidine rings is 1. The Morgan fingerprint density at radius 3 is 2.45 bits per heavy atom. The topological polar surface area (TPSA) is 3.24 Å². The largest absolute Gasteiger partial charge is 0.303 e. The van der Waals surface area contributed by atoms with Crippen molar-refractivity contribution in [2.75, 3.05) is 19.6 Å². The van der Waals surface area contributed by atoms with E-state index in [0.717, 1.165) is 5.92 Å². The second kappa shape index (κ2) is 6.76. The maximum absolute atomic E-state index is 2.66. The van der Waals surface area contributed by atoms with Gasteiger partial charge in [-0.05, 0) is 48.3 Å². The van der Waals surface area contributed by atoms with E-state index in [1.54, 1.807) is 0 Å². The third-order valence-electron chi connectivity index (χ3n) is 4.72. The van der Waals surface area contributed by atoms with Crippen LogP contribution in [0.3, 0.4) is 0 Å². The Labute approximate surface area is 125 Å². The molecule has 20 heavy (non-hydrogen) atoms. The van der Waals surface area contributed by atoms with Crippen molar-refractivity contribution >= 4 is 0 Å². The lowest BCUT2D eigenvalue weighted by Gasteiger charge is -2.32. The SMILES string of the molecule is CC[C@H]1CCCN(CCc2ccc(C(C)(C)C)cc2)C1. The van der Waals surface area contributed by atoms with E-state index in [1.165, 1.54) is 56.4 Å². The Morgan fingerprint density at radius 2 is 1.85 bits per heavy atom. The molecule has 0 spiro atoms. The molecule has 1 heterocycles. The zero-order chi connectivity index (χ0) is 14.6. The van der Waals surface area contributed by atoms with Crippen molar-refractivity contribution in [3.63, 3.8) is 0 Å². The van der Waals surface area contributed by atoms with Gasteiger partial charge in [0.25, 0.3) is 0 Å². The van der Waals surface area contributed by atoms with Gasteiger partial charge in [-0.2, -0.15) is 0 Å². The van der Waals surface area contributed by atoms with Gasteiger partial charge in [-0.15, -0.1) is 0 Å². The first-order valence-electron chi connectivity index (χ1n) is 8.31. The van der Waals surface area contributed by atoms with Crippen molar-refractivity contribution in [3.05, 3.63) is 35.4 Å². The molecule has 0 radical (unpaired) electrons. The number of rotatable bonds is 4. The van der Waals surface area contributed by atoms with Crippen LogP contribution in [0.2, 0.25) is 0 Å². The molecule has 0 saturated carbocycles. The van der Waals surface area contributed by atoms with Gasteiger partial charge in [0.15, 0.2) is 0 Å². The molecule has 1 heteroatoms. The monoisotopic (exact) mass is 273 g/mol. The minimum atomic E-state index is 0.264. The lowest BCUT2D eigenvalue weighted by molar-refractivity contribution is 0.173. The van der Waals surface area contributed by atoms with Gasteiger partial charge < -0.3 is 4.90 Å². The second-order valence-electron chi connectivity index (χ2n) is 7.41. The van der Waals surface area contributed by atoms with Gasteiger partial charge in [0.1, 0.15) is 0 Å².